The Morgan fingerprint density at radius 2 is 1.94 bits per heavy atom. The summed E-state index contributed by atoms with van der Waals surface area (Å²) < 4.78 is 50.5. The van der Waals surface area contributed by atoms with Crippen LogP contribution in [-0.4, -0.2) is 42.5 Å². The molecule has 0 radical (unpaired) electrons. The summed E-state index contributed by atoms with van der Waals surface area (Å²) in [5.41, 5.74) is -0.0246. The van der Waals surface area contributed by atoms with E-state index in [4.69, 9.17) is 9.47 Å². The molecule has 184 valence electrons. The number of benzene rings is 2. The van der Waals surface area contributed by atoms with E-state index in [-0.39, 0.29) is 30.9 Å². The lowest BCUT2D eigenvalue weighted by Crippen LogP contribution is -2.53. The van der Waals surface area contributed by atoms with Gasteiger partial charge in [0.25, 0.3) is 0 Å². The van der Waals surface area contributed by atoms with Crippen LogP contribution in [0.4, 0.5) is 13.2 Å². The lowest BCUT2D eigenvalue weighted by molar-refractivity contribution is -0.219. The Morgan fingerprint density at radius 3 is 2.62 bits per heavy atom. The molecule has 2 aromatic carbocycles. The van der Waals surface area contributed by atoms with Crippen LogP contribution >= 0.6 is 0 Å². The Labute approximate surface area is 196 Å². The number of ether oxygens (including phenoxy) is 2. The average molecular weight is 479 g/mol. The maximum absolute atomic E-state index is 13.1. The SMILES string of the molecule is CC(Oc1ccc(CC2(OC(=O)C(F)(F)F)NCCc3cc(O)ccc32)cc1)C1CCCCN1. The van der Waals surface area contributed by atoms with Crippen LogP contribution in [-0.2, 0) is 28.1 Å². The number of nitrogens with one attached hydrogen (secondary N) is 2. The number of aromatic hydroxyl groups is 1. The highest BCUT2D eigenvalue weighted by Crippen LogP contribution is 2.37. The van der Waals surface area contributed by atoms with Gasteiger partial charge < -0.3 is 19.9 Å². The fourth-order valence-corrected chi connectivity index (χ4v) is 4.73. The Hall–Kier alpha value is -2.78. The molecule has 1 fully saturated rings. The molecule has 0 spiro atoms. The fourth-order valence-electron chi connectivity index (χ4n) is 4.73. The van der Waals surface area contributed by atoms with E-state index in [9.17, 15) is 23.1 Å². The van der Waals surface area contributed by atoms with Gasteiger partial charge in [-0.15, -0.1) is 0 Å². The summed E-state index contributed by atoms with van der Waals surface area (Å²) in [5.74, 6) is -1.61. The molecule has 9 heteroatoms. The highest BCUT2D eigenvalue weighted by molar-refractivity contribution is 5.76. The van der Waals surface area contributed by atoms with Gasteiger partial charge >= 0.3 is 12.1 Å². The average Bonchev–Trinajstić information content (AvgIpc) is 2.80. The van der Waals surface area contributed by atoms with Gasteiger partial charge in [0.2, 0.25) is 0 Å². The van der Waals surface area contributed by atoms with Gasteiger partial charge in [0, 0.05) is 24.6 Å². The van der Waals surface area contributed by atoms with Gasteiger partial charge in [0.15, 0.2) is 5.72 Å². The van der Waals surface area contributed by atoms with E-state index < -0.39 is 17.9 Å². The third kappa shape index (κ3) is 5.47. The van der Waals surface area contributed by atoms with E-state index in [0.29, 0.717) is 28.9 Å². The van der Waals surface area contributed by atoms with Gasteiger partial charge in [0.05, 0.1) is 0 Å². The number of carbonyl (C=O) groups excluding carboxylic acids is 1. The van der Waals surface area contributed by atoms with Crippen molar-refractivity contribution in [3.63, 3.8) is 0 Å². The molecule has 0 bridgehead atoms. The first kappa shape index (κ1) is 24.3. The van der Waals surface area contributed by atoms with Gasteiger partial charge in [-0.25, -0.2) is 4.79 Å². The number of phenols is 1. The van der Waals surface area contributed by atoms with Crippen LogP contribution in [0.2, 0.25) is 0 Å². The summed E-state index contributed by atoms with van der Waals surface area (Å²) in [6.45, 7) is 3.28. The quantitative estimate of drug-likeness (QED) is 0.546. The summed E-state index contributed by atoms with van der Waals surface area (Å²) in [5, 5.41) is 16.3. The van der Waals surface area contributed by atoms with Crippen LogP contribution in [0.15, 0.2) is 42.5 Å². The summed E-state index contributed by atoms with van der Waals surface area (Å²) >= 11 is 0. The predicted octanol–water partition coefficient (Wildman–Crippen LogP) is 3.95. The molecule has 0 aliphatic carbocycles. The first-order valence-electron chi connectivity index (χ1n) is 11.5. The molecule has 0 aromatic heterocycles. The second kappa shape index (κ2) is 9.84. The van der Waals surface area contributed by atoms with Gasteiger partial charge in [-0.3, -0.25) is 5.32 Å². The second-order valence-corrected chi connectivity index (χ2v) is 8.93. The number of phenolic OH excluding ortho intramolecular Hbond substituents is 1. The summed E-state index contributed by atoms with van der Waals surface area (Å²) in [6, 6.07) is 11.7. The van der Waals surface area contributed by atoms with Crippen LogP contribution < -0.4 is 15.4 Å². The van der Waals surface area contributed by atoms with E-state index in [1.807, 2.05) is 6.92 Å². The molecular formula is C25H29F3N2O4. The van der Waals surface area contributed by atoms with Crippen molar-refractivity contribution in [2.75, 3.05) is 13.1 Å². The summed E-state index contributed by atoms with van der Waals surface area (Å²) in [4.78, 5) is 11.9. The zero-order valence-corrected chi connectivity index (χ0v) is 19.0. The zero-order chi connectivity index (χ0) is 24.3. The Kier molecular flexibility index (Phi) is 7.04. The Morgan fingerprint density at radius 1 is 1.18 bits per heavy atom. The highest BCUT2D eigenvalue weighted by atomic mass is 19.4. The van der Waals surface area contributed by atoms with Crippen molar-refractivity contribution < 1.29 is 32.5 Å². The molecule has 1 saturated heterocycles. The number of esters is 1. The Balaban J connectivity index is 1.56. The third-order valence-corrected chi connectivity index (χ3v) is 6.44. The van der Waals surface area contributed by atoms with Crippen molar-refractivity contribution in [1.82, 2.24) is 10.6 Å². The molecular weight excluding hydrogens is 449 g/mol. The van der Waals surface area contributed by atoms with Gasteiger partial charge in [-0.1, -0.05) is 18.6 Å². The topological polar surface area (TPSA) is 79.8 Å². The number of fused-ring (bicyclic) bond motifs is 1. The lowest BCUT2D eigenvalue weighted by Gasteiger charge is -2.39. The zero-order valence-electron chi connectivity index (χ0n) is 19.0. The minimum Gasteiger partial charge on any atom is -0.508 e. The molecule has 3 atom stereocenters. The van der Waals surface area contributed by atoms with Crippen LogP contribution in [0.25, 0.3) is 0 Å². The number of hydrogen-bond donors (Lipinski definition) is 3. The number of hydrogen-bond acceptors (Lipinski definition) is 6. The van der Waals surface area contributed by atoms with Crippen molar-refractivity contribution in [2.24, 2.45) is 0 Å². The predicted molar refractivity (Wildman–Crippen MR) is 120 cm³/mol. The van der Waals surface area contributed by atoms with E-state index >= 15 is 0 Å². The number of rotatable bonds is 6. The minimum absolute atomic E-state index is 0.000208. The fraction of sp³-hybridized carbons (Fsp3) is 0.480. The third-order valence-electron chi connectivity index (χ3n) is 6.44. The van der Waals surface area contributed by atoms with Gasteiger partial charge in [-0.2, -0.15) is 13.2 Å². The van der Waals surface area contributed by atoms with Crippen LogP contribution in [0, 0.1) is 0 Å². The van der Waals surface area contributed by atoms with E-state index in [1.54, 1.807) is 24.3 Å². The molecule has 2 heterocycles. The monoisotopic (exact) mass is 478 g/mol. The maximum Gasteiger partial charge on any atom is 0.491 e. The van der Waals surface area contributed by atoms with Crippen molar-refractivity contribution in [3.05, 3.63) is 59.2 Å². The van der Waals surface area contributed by atoms with E-state index in [0.717, 1.165) is 25.8 Å². The normalized spacial score (nSPS) is 23.6. The van der Waals surface area contributed by atoms with E-state index in [2.05, 4.69) is 10.6 Å². The number of alkyl halides is 3. The van der Waals surface area contributed by atoms with Crippen molar-refractivity contribution in [1.29, 1.82) is 0 Å². The molecule has 3 unspecified atom stereocenters. The number of carbonyl (C=O) groups is 1. The number of halogens is 3. The molecule has 34 heavy (non-hydrogen) atoms. The molecule has 2 aliphatic rings. The van der Waals surface area contributed by atoms with Crippen LogP contribution in [0.5, 0.6) is 11.5 Å². The molecule has 0 saturated carbocycles. The van der Waals surface area contributed by atoms with Gasteiger partial charge in [-0.05, 0) is 74.2 Å². The highest BCUT2D eigenvalue weighted by Gasteiger charge is 2.49. The summed E-state index contributed by atoms with van der Waals surface area (Å²) in [7, 11) is 0. The van der Waals surface area contributed by atoms with Crippen molar-refractivity contribution >= 4 is 5.97 Å². The van der Waals surface area contributed by atoms with E-state index in [1.165, 1.54) is 18.2 Å². The van der Waals surface area contributed by atoms with Crippen LogP contribution in [0.1, 0.15) is 42.9 Å². The molecule has 2 aliphatic heterocycles. The van der Waals surface area contributed by atoms with Gasteiger partial charge in [0.1, 0.15) is 17.6 Å². The smallest absolute Gasteiger partial charge is 0.491 e. The maximum atomic E-state index is 13.1. The number of piperidine rings is 1. The lowest BCUT2D eigenvalue weighted by atomic mass is 9.86. The Bertz CT molecular complexity index is 1010. The standard InChI is InChI=1S/C25H29F3N2O4/c1-16(22-4-2-3-12-29-22)33-20-8-5-17(6-9-20)15-24(34-23(32)25(26,27)28)21-10-7-19(31)14-18(21)11-13-30-24/h5-10,14,16,22,29-31H,2-4,11-13,15H2,1H3. The summed E-state index contributed by atoms with van der Waals surface area (Å²) in [6.07, 6.45) is -1.33. The first-order chi connectivity index (χ1) is 16.2. The minimum atomic E-state index is -5.13. The second-order valence-electron chi connectivity index (χ2n) is 8.93. The van der Waals surface area contributed by atoms with Crippen LogP contribution in [0.3, 0.4) is 0 Å². The van der Waals surface area contributed by atoms with Crippen molar-refractivity contribution in [2.45, 2.75) is 63.1 Å². The molecule has 2 aromatic rings. The van der Waals surface area contributed by atoms with Crippen molar-refractivity contribution in [3.8, 4) is 11.5 Å². The molecule has 0 amide bonds. The molecule has 3 N–H and O–H groups in total. The molecule has 4 rings (SSSR count). The largest absolute Gasteiger partial charge is 0.508 e. The molecule has 6 nitrogen and oxygen atoms in total. The first-order valence-corrected chi connectivity index (χ1v) is 11.5.